The van der Waals surface area contributed by atoms with Crippen LogP contribution < -0.4 is 0 Å². The number of carbonyl (C=O) groups is 2. The number of carbonyl (C=O) groups excluding carboxylic acids is 1. The van der Waals surface area contributed by atoms with Gasteiger partial charge >= 0.3 is 5.97 Å². The summed E-state index contributed by atoms with van der Waals surface area (Å²) in [5.74, 6) is -0.423. The SMILES string of the molecule is CSCc1cccc(C(=O)N2CC(C(=O)O)C2)c1. The molecule has 0 spiro atoms. The highest BCUT2D eigenvalue weighted by Crippen LogP contribution is 2.20. The fraction of sp³-hybridized carbons (Fsp3) is 0.385. The van der Waals surface area contributed by atoms with Crippen LogP contribution in [-0.2, 0) is 10.5 Å². The summed E-state index contributed by atoms with van der Waals surface area (Å²) in [4.78, 5) is 24.3. The number of hydrogen-bond donors (Lipinski definition) is 1. The van der Waals surface area contributed by atoms with Crippen molar-refractivity contribution in [3.05, 3.63) is 35.4 Å². The van der Waals surface area contributed by atoms with Gasteiger partial charge in [0.1, 0.15) is 0 Å². The van der Waals surface area contributed by atoms with Gasteiger partial charge in [0.25, 0.3) is 5.91 Å². The van der Waals surface area contributed by atoms with E-state index in [2.05, 4.69) is 0 Å². The number of carboxylic acids is 1. The first-order chi connectivity index (χ1) is 8.61. The van der Waals surface area contributed by atoms with Crippen LogP contribution in [-0.4, -0.2) is 41.2 Å². The molecule has 1 aromatic carbocycles. The fourth-order valence-corrected chi connectivity index (χ4v) is 2.46. The second-order valence-corrected chi connectivity index (χ2v) is 5.24. The largest absolute Gasteiger partial charge is 0.481 e. The van der Waals surface area contributed by atoms with Gasteiger partial charge in [0.2, 0.25) is 0 Å². The first-order valence-electron chi connectivity index (χ1n) is 5.71. The molecular weight excluding hydrogens is 250 g/mol. The highest BCUT2D eigenvalue weighted by Gasteiger charge is 2.35. The van der Waals surface area contributed by atoms with Gasteiger partial charge in [-0.1, -0.05) is 12.1 Å². The maximum Gasteiger partial charge on any atom is 0.310 e. The summed E-state index contributed by atoms with van der Waals surface area (Å²) in [6.45, 7) is 0.641. The van der Waals surface area contributed by atoms with Crippen molar-refractivity contribution in [2.24, 2.45) is 5.92 Å². The Hall–Kier alpha value is -1.49. The van der Waals surface area contributed by atoms with Crippen molar-refractivity contribution < 1.29 is 14.7 Å². The average molecular weight is 265 g/mol. The summed E-state index contributed by atoms with van der Waals surface area (Å²) < 4.78 is 0. The van der Waals surface area contributed by atoms with E-state index >= 15 is 0 Å². The van der Waals surface area contributed by atoms with Crippen LogP contribution in [0.1, 0.15) is 15.9 Å². The van der Waals surface area contributed by atoms with Crippen LogP contribution in [0.4, 0.5) is 0 Å². The molecule has 18 heavy (non-hydrogen) atoms. The lowest BCUT2D eigenvalue weighted by molar-refractivity contribution is -0.146. The van der Waals surface area contributed by atoms with Gasteiger partial charge in [-0.25, -0.2) is 0 Å². The molecule has 1 heterocycles. The molecule has 1 N–H and O–H groups in total. The maximum absolute atomic E-state index is 12.1. The van der Waals surface area contributed by atoms with Crippen molar-refractivity contribution >= 4 is 23.6 Å². The van der Waals surface area contributed by atoms with Gasteiger partial charge in [-0.05, 0) is 24.0 Å². The van der Waals surface area contributed by atoms with Crippen molar-refractivity contribution in [1.82, 2.24) is 4.90 Å². The zero-order valence-corrected chi connectivity index (χ0v) is 10.9. The Kier molecular flexibility index (Phi) is 3.91. The highest BCUT2D eigenvalue weighted by molar-refractivity contribution is 7.97. The lowest BCUT2D eigenvalue weighted by Crippen LogP contribution is -2.53. The number of likely N-dealkylation sites (tertiary alicyclic amines) is 1. The zero-order chi connectivity index (χ0) is 13.1. The number of amides is 1. The summed E-state index contributed by atoms with van der Waals surface area (Å²) in [5.41, 5.74) is 1.76. The van der Waals surface area contributed by atoms with Crippen LogP contribution in [0.3, 0.4) is 0 Å². The Balaban J connectivity index is 2.02. The smallest absolute Gasteiger partial charge is 0.310 e. The third-order valence-electron chi connectivity index (χ3n) is 3.00. The number of nitrogens with zero attached hydrogens (tertiary/aromatic N) is 1. The van der Waals surface area contributed by atoms with Gasteiger partial charge in [-0.2, -0.15) is 11.8 Å². The number of aliphatic carboxylic acids is 1. The first kappa shape index (κ1) is 13.0. The molecule has 1 fully saturated rings. The third-order valence-corrected chi connectivity index (χ3v) is 3.62. The van der Waals surface area contributed by atoms with E-state index in [0.29, 0.717) is 18.7 Å². The molecule has 1 amide bonds. The summed E-state index contributed by atoms with van der Waals surface area (Å²) in [5, 5.41) is 8.78. The van der Waals surface area contributed by atoms with Crippen LogP contribution in [0.2, 0.25) is 0 Å². The molecule has 1 aromatic rings. The van der Waals surface area contributed by atoms with Gasteiger partial charge in [-0.15, -0.1) is 0 Å². The molecule has 5 heteroatoms. The molecule has 0 atom stereocenters. The molecule has 2 rings (SSSR count). The van der Waals surface area contributed by atoms with Crippen molar-refractivity contribution in [2.75, 3.05) is 19.3 Å². The minimum Gasteiger partial charge on any atom is -0.481 e. The van der Waals surface area contributed by atoms with E-state index in [9.17, 15) is 9.59 Å². The van der Waals surface area contributed by atoms with E-state index in [1.165, 1.54) is 0 Å². The Labute approximate surface area is 110 Å². The minimum absolute atomic E-state index is 0.0737. The van der Waals surface area contributed by atoms with Gasteiger partial charge in [-0.3, -0.25) is 9.59 Å². The fourth-order valence-electron chi connectivity index (χ4n) is 1.94. The van der Waals surface area contributed by atoms with E-state index < -0.39 is 11.9 Å². The number of benzene rings is 1. The van der Waals surface area contributed by atoms with Crippen LogP contribution >= 0.6 is 11.8 Å². The Bertz CT molecular complexity index is 469. The first-order valence-corrected chi connectivity index (χ1v) is 7.11. The number of rotatable bonds is 4. The number of carboxylic acid groups (broad SMARTS) is 1. The van der Waals surface area contributed by atoms with Gasteiger partial charge in [0.15, 0.2) is 0 Å². The predicted octanol–water partition coefficient (Wildman–Crippen LogP) is 1.71. The lowest BCUT2D eigenvalue weighted by Gasteiger charge is -2.36. The molecule has 0 aliphatic carbocycles. The molecule has 96 valence electrons. The second kappa shape index (κ2) is 5.44. The number of hydrogen-bond acceptors (Lipinski definition) is 3. The minimum atomic E-state index is -0.824. The normalized spacial score (nSPS) is 15.3. The van der Waals surface area contributed by atoms with Crippen molar-refractivity contribution in [2.45, 2.75) is 5.75 Å². The molecule has 1 saturated heterocycles. The Morgan fingerprint density at radius 1 is 1.44 bits per heavy atom. The summed E-state index contributed by atoms with van der Waals surface area (Å²) in [6, 6.07) is 7.52. The molecule has 0 radical (unpaired) electrons. The molecule has 4 nitrogen and oxygen atoms in total. The Morgan fingerprint density at radius 2 is 2.17 bits per heavy atom. The molecular formula is C13H15NO3S. The van der Waals surface area contributed by atoms with E-state index in [0.717, 1.165) is 11.3 Å². The third kappa shape index (κ3) is 2.67. The number of thioether (sulfide) groups is 1. The topological polar surface area (TPSA) is 57.6 Å². The zero-order valence-electron chi connectivity index (χ0n) is 10.1. The monoisotopic (exact) mass is 265 g/mol. The lowest BCUT2D eigenvalue weighted by atomic mass is 9.99. The van der Waals surface area contributed by atoms with Crippen LogP contribution in [0, 0.1) is 5.92 Å². The van der Waals surface area contributed by atoms with Gasteiger partial charge < -0.3 is 10.0 Å². The quantitative estimate of drug-likeness (QED) is 0.900. The van der Waals surface area contributed by atoms with Gasteiger partial charge in [0.05, 0.1) is 5.92 Å². The van der Waals surface area contributed by atoms with E-state index in [1.807, 2.05) is 24.5 Å². The van der Waals surface area contributed by atoms with Crippen LogP contribution in [0.25, 0.3) is 0 Å². The summed E-state index contributed by atoms with van der Waals surface area (Å²) >= 11 is 1.70. The summed E-state index contributed by atoms with van der Waals surface area (Å²) in [7, 11) is 0. The maximum atomic E-state index is 12.1. The van der Waals surface area contributed by atoms with E-state index in [-0.39, 0.29) is 5.91 Å². The average Bonchev–Trinajstić information content (AvgIpc) is 2.27. The predicted molar refractivity (Wildman–Crippen MR) is 70.7 cm³/mol. The Morgan fingerprint density at radius 3 is 2.78 bits per heavy atom. The molecule has 0 aromatic heterocycles. The molecule has 1 aliphatic heterocycles. The van der Waals surface area contributed by atoms with E-state index in [4.69, 9.17) is 5.11 Å². The van der Waals surface area contributed by atoms with Crippen molar-refractivity contribution in [1.29, 1.82) is 0 Å². The van der Waals surface area contributed by atoms with Crippen LogP contribution in [0.5, 0.6) is 0 Å². The van der Waals surface area contributed by atoms with Crippen LogP contribution in [0.15, 0.2) is 24.3 Å². The highest BCUT2D eigenvalue weighted by atomic mass is 32.2. The standard InChI is InChI=1S/C13H15NO3S/c1-18-8-9-3-2-4-10(5-9)12(15)14-6-11(7-14)13(16)17/h2-5,11H,6-8H2,1H3,(H,16,17). The second-order valence-electron chi connectivity index (χ2n) is 4.38. The molecule has 0 bridgehead atoms. The molecule has 0 unspecified atom stereocenters. The summed E-state index contributed by atoms with van der Waals surface area (Å²) in [6.07, 6.45) is 2.02. The van der Waals surface area contributed by atoms with Crippen molar-refractivity contribution in [3.63, 3.8) is 0 Å². The molecule has 1 aliphatic rings. The van der Waals surface area contributed by atoms with E-state index in [1.54, 1.807) is 22.7 Å². The van der Waals surface area contributed by atoms with Crippen molar-refractivity contribution in [3.8, 4) is 0 Å². The molecule has 0 saturated carbocycles. The van der Waals surface area contributed by atoms with Gasteiger partial charge in [0, 0.05) is 24.4 Å².